The monoisotopic (exact) mass is 376 g/mol. The number of phenols is 6. The molecule has 144 valence electrons. The Balaban J connectivity index is 0. The van der Waals surface area contributed by atoms with Crippen LogP contribution in [0.2, 0.25) is 0 Å². The van der Waals surface area contributed by atoms with E-state index >= 15 is 0 Å². The maximum absolute atomic E-state index is 10.3. The summed E-state index contributed by atoms with van der Waals surface area (Å²) >= 11 is 0. The van der Waals surface area contributed by atoms with E-state index < -0.39 is 52.0 Å². The lowest BCUT2D eigenvalue weighted by Crippen LogP contribution is -1.96. The van der Waals surface area contributed by atoms with Crippen LogP contribution in [0.1, 0.15) is 20.7 Å². The Hall–Kier alpha value is -3.90. The van der Waals surface area contributed by atoms with Crippen molar-refractivity contribution >= 4 is 11.9 Å². The van der Waals surface area contributed by atoms with Gasteiger partial charge in [-0.15, -0.1) is 0 Å². The first kappa shape index (κ1) is 24.4. The minimum Gasteiger partial charge on any atom is -0.504 e. The number of phenolic OH excluding ortho intramolecular Hbond substituents is 5. The molecule has 0 radical (unpaired) electrons. The van der Waals surface area contributed by atoms with Crippen molar-refractivity contribution in [1.82, 2.24) is 0 Å². The second-order valence-electron chi connectivity index (χ2n) is 4.30. The van der Waals surface area contributed by atoms with Crippen LogP contribution in [-0.4, -0.2) is 63.7 Å². The lowest BCUT2D eigenvalue weighted by molar-refractivity contribution is 0.0683. The van der Waals surface area contributed by atoms with Gasteiger partial charge in [-0.3, -0.25) is 0 Å². The zero-order chi connectivity index (χ0) is 18.6. The summed E-state index contributed by atoms with van der Waals surface area (Å²) in [6, 6.07) is 3.67. The minimum absolute atomic E-state index is 0. The fraction of sp³-hybridized carbons (Fsp3) is 0. The Morgan fingerprint density at radius 2 is 1.08 bits per heavy atom. The molecule has 0 atom stereocenters. The Kier molecular flexibility index (Phi) is 8.81. The number of benzene rings is 2. The van der Waals surface area contributed by atoms with Crippen molar-refractivity contribution in [2.24, 2.45) is 0 Å². The molecule has 12 N–H and O–H groups in total. The molecule has 0 aliphatic rings. The van der Waals surface area contributed by atoms with Crippen LogP contribution in [0.5, 0.6) is 34.5 Å². The van der Waals surface area contributed by atoms with E-state index in [9.17, 15) is 9.59 Å². The van der Waals surface area contributed by atoms with Crippen molar-refractivity contribution in [3.63, 3.8) is 0 Å². The molecule has 2 aromatic rings. The van der Waals surface area contributed by atoms with E-state index in [-0.39, 0.29) is 16.5 Å². The number of aromatic hydroxyl groups is 6. The van der Waals surface area contributed by atoms with Gasteiger partial charge in [0.2, 0.25) is 5.75 Å². The predicted octanol–water partition coefficient (Wildman–Crippen LogP) is -0.646. The SMILES string of the molecule is O.O.O=C(O)c1cc(O)c(O)c(O)c1.O=C(O)c1ccc(O)c(O)c1O. The highest BCUT2D eigenvalue weighted by Gasteiger charge is 2.15. The molecule has 0 saturated heterocycles. The van der Waals surface area contributed by atoms with Gasteiger partial charge in [0.25, 0.3) is 0 Å². The van der Waals surface area contributed by atoms with Crippen molar-refractivity contribution in [2.45, 2.75) is 0 Å². The van der Waals surface area contributed by atoms with Gasteiger partial charge in [-0.25, -0.2) is 9.59 Å². The third-order valence-corrected chi connectivity index (χ3v) is 2.68. The van der Waals surface area contributed by atoms with E-state index in [1.807, 2.05) is 0 Å². The number of hydrogen-bond acceptors (Lipinski definition) is 8. The minimum atomic E-state index is -1.37. The highest BCUT2D eigenvalue weighted by atomic mass is 16.4. The van der Waals surface area contributed by atoms with Crippen LogP contribution in [0.15, 0.2) is 24.3 Å². The van der Waals surface area contributed by atoms with Crippen molar-refractivity contribution in [3.8, 4) is 34.5 Å². The fourth-order valence-corrected chi connectivity index (χ4v) is 1.47. The quantitative estimate of drug-likeness (QED) is 0.307. The summed E-state index contributed by atoms with van der Waals surface area (Å²) in [5.41, 5.74) is -0.742. The van der Waals surface area contributed by atoms with E-state index in [0.717, 1.165) is 24.3 Å². The molecule has 0 aliphatic heterocycles. The van der Waals surface area contributed by atoms with Gasteiger partial charge in [0.1, 0.15) is 5.56 Å². The zero-order valence-corrected chi connectivity index (χ0v) is 12.7. The van der Waals surface area contributed by atoms with Gasteiger partial charge in [0.05, 0.1) is 5.56 Å². The van der Waals surface area contributed by atoms with E-state index in [4.69, 9.17) is 40.9 Å². The Morgan fingerprint density at radius 3 is 1.46 bits per heavy atom. The lowest BCUT2D eigenvalue weighted by Gasteiger charge is -2.02. The van der Waals surface area contributed by atoms with Crippen molar-refractivity contribution in [2.75, 3.05) is 0 Å². The van der Waals surface area contributed by atoms with Crippen LogP contribution in [-0.2, 0) is 0 Å². The van der Waals surface area contributed by atoms with Gasteiger partial charge in [-0.2, -0.15) is 0 Å². The van der Waals surface area contributed by atoms with Gasteiger partial charge >= 0.3 is 11.9 Å². The average Bonchev–Trinajstić information content (AvgIpc) is 2.50. The molecule has 0 fully saturated rings. The van der Waals surface area contributed by atoms with E-state index in [2.05, 4.69) is 0 Å². The first-order valence-electron chi connectivity index (χ1n) is 6.01. The summed E-state index contributed by atoms with van der Waals surface area (Å²) in [6.45, 7) is 0. The van der Waals surface area contributed by atoms with Crippen molar-refractivity contribution in [1.29, 1.82) is 0 Å². The number of carboxylic acids is 2. The number of carboxylic acid groups (broad SMARTS) is 2. The molecular weight excluding hydrogens is 360 g/mol. The average molecular weight is 376 g/mol. The lowest BCUT2D eigenvalue weighted by atomic mass is 10.2. The largest absolute Gasteiger partial charge is 0.504 e. The van der Waals surface area contributed by atoms with E-state index in [0.29, 0.717) is 0 Å². The van der Waals surface area contributed by atoms with Crippen LogP contribution in [0.4, 0.5) is 0 Å². The maximum Gasteiger partial charge on any atom is 0.339 e. The van der Waals surface area contributed by atoms with Crippen molar-refractivity contribution in [3.05, 3.63) is 35.4 Å². The van der Waals surface area contributed by atoms with Gasteiger partial charge < -0.3 is 51.8 Å². The van der Waals surface area contributed by atoms with Gasteiger partial charge in [-0.05, 0) is 24.3 Å². The number of rotatable bonds is 2. The van der Waals surface area contributed by atoms with Crippen LogP contribution >= 0.6 is 0 Å². The Labute approximate surface area is 144 Å². The van der Waals surface area contributed by atoms with Gasteiger partial charge in [-0.1, -0.05) is 0 Å². The number of aromatic carboxylic acids is 2. The molecule has 26 heavy (non-hydrogen) atoms. The third-order valence-electron chi connectivity index (χ3n) is 2.68. The molecule has 0 bridgehead atoms. The standard InChI is InChI=1S/2C7H6O5.2H2O/c8-4-1-3(7(11)12)2-5(9)6(4)10;8-4-2-1-3(7(11)12)5(9)6(4)10;;/h2*1-2,8-10H,(H,11,12);2*1H2. The summed E-state index contributed by atoms with van der Waals surface area (Å²) in [4.78, 5) is 20.6. The molecule has 12 nitrogen and oxygen atoms in total. The molecule has 0 aromatic heterocycles. The van der Waals surface area contributed by atoms with Crippen LogP contribution < -0.4 is 0 Å². The first-order chi connectivity index (χ1) is 11.1. The Bertz CT molecular complexity index is 776. The number of hydrogen-bond donors (Lipinski definition) is 8. The van der Waals surface area contributed by atoms with E-state index in [1.165, 1.54) is 0 Å². The Morgan fingerprint density at radius 1 is 0.615 bits per heavy atom. The van der Waals surface area contributed by atoms with Gasteiger partial charge in [0.15, 0.2) is 28.7 Å². The van der Waals surface area contributed by atoms with Crippen LogP contribution in [0.3, 0.4) is 0 Å². The molecule has 2 rings (SSSR count). The summed E-state index contributed by atoms with van der Waals surface area (Å²) in [5, 5.41) is 70.0. The molecule has 2 aromatic carbocycles. The summed E-state index contributed by atoms with van der Waals surface area (Å²) in [7, 11) is 0. The smallest absolute Gasteiger partial charge is 0.339 e. The second-order valence-corrected chi connectivity index (χ2v) is 4.30. The zero-order valence-electron chi connectivity index (χ0n) is 12.7. The van der Waals surface area contributed by atoms with Crippen LogP contribution in [0, 0.1) is 0 Å². The molecule has 0 aliphatic carbocycles. The number of carbonyl (C=O) groups is 2. The maximum atomic E-state index is 10.3. The molecule has 0 saturated carbocycles. The third kappa shape index (κ3) is 5.33. The van der Waals surface area contributed by atoms with Gasteiger partial charge in [0, 0.05) is 0 Å². The fourth-order valence-electron chi connectivity index (χ4n) is 1.47. The van der Waals surface area contributed by atoms with Crippen molar-refractivity contribution < 1.29 is 61.4 Å². The molecule has 12 heteroatoms. The summed E-state index contributed by atoms with van der Waals surface area (Å²) in [6.07, 6.45) is 0. The highest BCUT2D eigenvalue weighted by Crippen LogP contribution is 2.37. The topological polar surface area (TPSA) is 259 Å². The predicted molar refractivity (Wildman–Crippen MR) is 84.0 cm³/mol. The molecule has 0 amide bonds. The van der Waals surface area contributed by atoms with Crippen LogP contribution in [0.25, 0.3) is 0 Å². The van der Waals surface area contributed by atoms with E-state index in [1.54, 1.807) is 0 Å². The normalized spacial score (nSPS) is 8.92. The molecule has 0 heterocycles. The highest BCUT2D eigenvalue weighted by molar-refractivity contribution is 5.92. The second kappa shape index (κ2) is 9.41. The first-order valence-corrected chi connectivity index (χ1v) is 6.01. The molecular formula is C14H16O12. The molecule has 0 spiro atoms. The molecule has 0 unspecified atom stereocenters. The summed E-state index contributed by atoms with van der Waals surface area (Å²) in [5.74, 6) is -6.92. The summed E-state index contributed by atoms with van der Waals surface area (Å²) < 4.78 is 0.